The lowest BCUT2D eigenvalue weighted by molar-refractivity contribution is -0.122. The van der Waals surface area contributed by atoms with Crippen molar-refractivity contribution in [1.29, 1.82) is 0 Å². The van der Waals surface area contributed by atoms with Gasteiger partial charge >= 0.3 is 0 Å². The van der Waals surface area contributed by atoms with Crippen LogP contribution in [0.5, 0.6) is 5.75 Å². The van der Waals surface area contributed by atoms with E-state index in [4.69, 9.17) is 4.74 Å². The summed E-state index contributed by atoms with van der Waals surface area (Å²) in [6.07, 6.45) is 2.18. The van der Waals surface area contributed by atoms with E-state index in [1.165, 1.54) is 0 Å². The number of anilines is 1. The van der Waals surface area contributed by atoms with Gasteiger partial charge in [0.2, 0.25) is 0 Å². The molecule has 1 aliphatic carbocycles. The highest BCUT2D eigenvalue weighted by atomic mass is 16.5. The average molecular weight is 322 g/mol. The summed E-state index contributed by atoms with van der Waals surface area (Å²) >= 11 is 0. The number of carbonyl (C=O) groups excluding carboxylic acids is 2. The first kappa shape index (κ1) is 14.8. The second-order valence-electron chi connectivity index (χ2n) is 6.23. The van der Waals surface area contributed by atoms with Crippen LogP contribution in [0.15, 0.2) is 48.5 Å². The van der Waals surface area contributed by atoms with Gasteiger partial charge in [-0.05, 0) is 48.7 Å². The fraction of sp³-hybridized carbons (Fsp3) is 0.263. The Morgan fingerprint density at radius 2 is 1.75 bits per heavy atom. The minimum Gasteiger partial charge on any atom is -0.480 e. The Morgan fingerprint density at radius 3 is 2.46 bits per heavy atom. The molecular weight excluding hydrogens is 304 g/mol. The molecular formula is C19H18N2O3. The number of carbonyl (C=O) groups is 2. The molecule has 122 valence electrons. The van der Waals surface area contributed by atoms with Gasteiger partial charge < -0.3 is 15.4 Å². The van der Waals surface area contributed by atoms with Gasteiger partial charge in [0, 0.05) is 23.7 Å². The minimum absolute atomic E-state index is 0.0649. The maximum atomic E-state index is 12.3. The lowest BCUT2D eigenvalue weighted by atomic mass is 10.1. The second-order valence-corrected chi connectivity index (χ2v) is 6.23. The molecule has 2 aromatic carbocycles. The zero-order chi connectivity index (χ0) is 16.5. The molecule has 0 aromatic heterocycles. The lowest BCUT2D eigenvalue weighted by Gasteiger charge is -2.12. The van der Waals surface area contributed by atoms with Crippen LogP contribution in [0, 0.1) is 0 Å². The number of fused-ring (bicyclic) bond motifs is 1. The molecule has 2 amide bonds. The summed E-state index contributed by atoms with van der Waals surface area (Å²) in [6.45, 7) is 0. The van der Waals surface area contributed by atoms with E-state index in [1.54, 1.807) is 24.3 Å². The molecule has 1 aliphatic heterocycles. The monoisotopic (exact) mass is 322 g/mol. The molecule has 0 saturated heterocycles. The summed E-state index contributed by atoms with van der Waals surface area (Å²) in [7, 11) is 0. The fourth-order valence-electron chi connectivity index (χ4n) is 2.75. The Labute approximate surface area is 140 Å². The highest BCUT2D eigenvalue weighted by Gasteiger charge is 2.29. The largest absolute Gasteiger partial charge is 0.480 e. The van der Waals surface area contributed by atoms with Crippen LogP contribution in [0.25, 0.3) is 0 Å². The quantitative estimate of drug-likeness (QED) is 0.909. The number of hydrogen-bond donors (Lipinski definition) is 2. The molecule has 0 bridgehead atoms. The van der Waals surface area contributed by atoms with Crippen molar-refractivity contribution in [1.82, 2.24) is 5.32 Å². The zero-order valence-electron chi connectivity index (χ0n) is 13.1. The molecule has 4 rings (SSSR count). The van der Waals surface area contributed by atoms with E-state index >= 15 is 0 Å². The van der Waals surface area contributed by atoms with E-state index in [1.807, 2.05) is 24.3 Å². The normalized spacial score (nSPS) is 18.4. The molecule has 1 fully saturated rings. The molecule has 2 aliphatic rings. The zero-order valence-corrected chi connectivity index (χ0v) is 13.1. The number of amides is 2. The van der Waals surface area contributed by atoms with E-state index in [0.29, 0.717) is 23.7 Å². The van der Waals surface area contributed by atoms with Crippen LogP contribution in [0.4, 0.5) is 5.69 Å². The SMILES string of the molecule is O=C(NC1CC1)c1ccc(NC(=O)[C@H]2Cc3ccccc3O2)cc1. The van der Waals surface area contributed by atoms with Crippen LogP contribution < -0.4 is 15.4 Å². The number of ether oxygens (including phenoxy) is 1. The molecule has 0 spiro atoms. The van der Waals surface area contributed by atoms with Gasteiger partial charge in [-0.3, -0.25) is 9.59 Å². The van der Waals surface area contributed by atoms with Crippen molar-refractivity contribution in [3.63, 3.8) is 0 Å². The first-order valence-electron chi connectivity index (χ1n) is 8.15. The number of hydrogen-bond acceptors (Lipinski definition) is 3. The van der Waals surface area contributed by atoms with Gasteiger partial charge in [0.05, 0.1) is 0 Å². The summed E-state index contributed by atoms with van der Waals surface area (Å²) < 4.78 is 5.68. The molecule has 0 unspecified atom stereocenters. The number of benzene rings is 2. The van der Waals surface area contributed by atoms with Crippen molar-refractivity contribution in [2.24, 2.45) is 0 Å². The number of nitrogens with one attached hydrogen (secondary N) is 2. The Balaban J connectivity index is 1.37. The Bertz CT molecular complexity index is 756. The maximum Gasteiger partial charge on any atom is 0.265 e. The van der Waals surface area contributed by atoms with Crippen molar-refractivity contribution < 1.29 is 14.3 Å². The van der Waals surface area contributed by atoms with Crippen LogP contribution in [-0.2, 0) is 11.2 Å². The third-order valence-corrected chi connectivity index (χ3v) is 4.27. The van der Waals surface area contributed by atoms with Crippen LogP contribution in [0.3, 0.4) is 0 Å². The van der Waals surface area contributed by atoms with Gasteiger partial charge in [0.25, 0.3) is 11.8 Å². The molecule has 24 heavy (non-hydrogen) atoms. The summed E-state index contributed by atoms with van der Waals surface area (Å²) in [6, 6.07) is 14.9. The van der Waals surface area contributed by atoms with Crippen LogP contribution in [0.2, 0.25) is 0 Å². The fourth-order valence-corrected chi connectivity index (χ4v) is 2.75. The third-order valence-electron chi connectivity index (χ3n) is 4.27. The van der Waals surface area contributed by atoms with Gasteiger partial charge in [0.1, 0.15) is 5.75 Å². The standard InChI is InChI=1S/C19H18N2O3/c22-18(20-15-9-10-15)12-5-7-14(8-6-12)21-19(23)17-11-13-3-1-2-4-16(13)24-17/h1-8,15,17H,9-11H2,(H,20,22)(H,21,23)/t17-/m1/s1. The molecule has 2 aromatic rings. The smallest absolute Gasteiger partial charge is 0.265 e. The van der Waals surface area contributed by atoms with Crippen LogP contribution in [-0.4, -0.2) is 24.0 Å². The van der Waals surface area contributed by atoms with Crippen molar-refractivity contribution in [2.75, 3.05) is 5.32 Å². The van der Waals surface area contributed by atoms with Crippen molar-refractivity contribution in [3.8, 4) is 5.75 Å². The van der Waals surface area contributed by atoms with Gasteiger partial charge in [-0.2, -0.15) is 0 Å². The molecule has 1 atom stereocenters. The summed E-state index contributed by atoms with van der Waals surface area (Å²) in [5.74, 6) is 0.524. The Hall–Kier alpha value is -2.82. The number of para-hydroxylation sites is 1. The first-order valence-corrected chi connectivity index (χ1v) is 8.15. The summed E-state index contributed by atoms with van der Waals surface area (Å²) in [4.78, 5) is 24.3. The van der Waals surface area contributed by atoms with Gasteiger partial charge in [-0.15, -0.1) is 0 Å². The molecule has 5 heteroatoms. The Morgan fingerprint density at radius 1 is 1.00 bits per heavy atom. The van der Waals surface area contributed by atoms with Crippen LogP contribution in [0.1, 0.15) is 28.8 Å². The van der Waals surface area contributed by atoms with E-state index in [2.05, 4.69) is 10.6 Å². The highest BCUT2D eigenvalue weighted by Crippen LogP contribution is 2.28. The van der Waals surface area contributed by atoms with Crippen molar-refractivity contribution >= 4 is 17.5 Å². The maximum absolute atomic E-state index is 12.3. The average Bonchev–Trinajstić information content (AvgIpc) is 3.29. The molecule has 5 nitrogen and oxygen atoms in total. The lowest BCUT2D eigenvalue weighted by Crippen LogP contribution is -2.31. The predicted octanol–water partition coefficient (Wildman–Crippen LogP) is 2.52. The summed E-state index contributed by atoms with van der Waals surface area (Å²) in [5.41, 5.74) is 2.30. The molecule has 1 saturated carbocycles. The van der Waals surface area contributed by atoms with Gasteiger partial charge in [0.15, 0.2) is 6.10 Å². The van der Waals surface area contributed by atoms with E-state index < -0.39 is 6.10 Å². The topological polar surface area (TPSA) is 67.4 Å². The second kappa shape index (κ2) is 6.00. The summed E-state index contributed by atoms with van der Waals surface area (Å²) in [5, 5.41) is 5.78. The molecule has 2 N–H and O–H groups in total. The Kier molecular flexibility index (Phi) is 3.69. The predicted molar refractivity (Wildman–Crippen MR) is 90.1 cm³/mol. The van der Waals surface area contributed by atoms with E-state index in [-0.39, 0.29) is 11.8 Å². The molecule has 1 heterocycles. The van der Waals surface area contributed by atoms with Crippen LogP contribution >= 0.6 is 0 Å². The van der Waals surface area contributed by atoms with Gasteiger partial charge in [-0.25, -0.2) is 0 Å². The van der Waals surface area contributed by atoms with E-state index in [9.17, 15) is 9.59 Å². The molecule has 0 radical (unpaired) electrons. The number of rotatable bonds is 4. The minimum atomic E-state index is -0.514. The van der Waals surface area contributed by atoms with Crippen molar-refractivity contribution in [2.45, 2.75) is 31.4 Å². The van der Waals surface area contributed by atoms with Crippen molar-refractivity contribution in [3.05, 3.63) is 59.7 Å². The van der Waals surface area contributed by atoms with E-state index in [0.717, 1.165) is 24.2 Å². The first-order chi connectivity index (χ1) is 11.7. The third kappa shape index (κ3) is 3.11. The van der Waals surface area contributed by atoms with Gasteiger partial charge in [-0.1, -0.05) is 18.2 Å². The highest BCUT2D eigenvalue weighted by molar-refractivity contribution is 5.97.